The summed E-state index contributed by atoms with van der Waals surface area (Å²) in [4.78, 5) is 14.8. The zero-order chi connectivity index (χ0) is 14.5. The smallest absolute Gasteiger partial charge is 0.221 e. The lowest BCUT2D eigenvalue weighted by molar-refractivity contribution is -0.122. The van der Waals surface area contributed by atoms with E-state index in [4.69, 9.17) is 0 Å². The van der Waals surface area contributed by atoms with E-state index >= 15 is 0 Å². The summed E-state index contributed by atoms with van der Waals surface area (Å²) in [6.07, 6.45) is 12.4. The summed E-state index contributed by atoms with van der Waals surface area (Å²) in [5, 5.41) is 6.67. The fourth-order valence-electron chi connectivity index (χ4n) is 4.30. The van der Waals surface area contributed by atoms with Gasteiger partial charge in [-0.1, -0.05) is 19.3 Å². The molecule has 1 unspecified atom stereocenters. The number of carbonyl (C=O) groups excluding carboxylic acids is 1. The Morgan fingerprint density at radius 3 is 2.26 bits per heavy atom. The molecule has 2 heterocycles. The van der Waals surface area contributed by atoms with Gasteiger partial charge in [0.15, 0.2) is 0 Å². The number of nitrogens with one attached hydrogen (secondary N) is 2. The van der Waals surface area contributed by atoms with E-state index in [9.17, 15) is 4.79 Å². The van der Waals surface area contributed by atoms with E-state index in [0.29, 0.717) is 18.5 Å². The predicted molar refractivity (Wildman–Crippen MR) is 99.7 cm³/mol. The maximum Gasteiger partial charge on any atom is 0.221 e. The lowest BCUT2D eigenvalue weighted by atomic mass is 9.92. The van der Waals surface area contributed by atoms with Crippen LogP contribution in [0.25, 0.3) is 0 Å². The van der Waals surface area contributed by atoms with Gasteiger partial charge in [0, 0.05) is 37.6 Å². The van der Waals surface area contributed by atoms with Gasteiger partial charge in [-0.15, -0.1) is 24.8 Å². The van der Waals surface area contributed by atoms with Crippen molar-refractivity contribution in [3.63, 3.8) is 0 Å². The molecule has 2 saturated heterocycles. The van der Waals surface area contributed by atoms with Crippen LogP contribution in [0.15, 0.2) is 0 Å². The first-order valence-electron chi connectivity index (χ1n) is 9.08. The van der Waals surface area contributed by atoms with Gasteiger partial charge in [-0.3, -0.25) is 4.79 Å². The number of amides is 1. The molecule has 2 N–H and O–H groups in total. The van der Waals surface area contributed by atoms with Crippen molar-refractivity contribution in [3.05, 3.63) is 0 Å². The van der Waals surface area contributed by atoms with Crippen molar-refractivity contribution >= 4 is 30.7 Å². The van der Waals surface area contributed by atoms with Gasteiger partial charge in [-0.25, -0.2) is 0 Å². The molecular weight excluding hydrogens is 333 g/mol. The fraction of sp³-hybridized carbons (Fsp3) is 0.941. The van der Waals surface area contributed by atoms with Crippen LogP contribution in [0.1, 0.15) is 64.2 Å². The number of piperidine rings is 1. The summed E-state index contributed by atoms with van der Waals surface area (Å²) < 4.78 is 0. The van der Waals surface area contributed by atoms with Crippen LogP contribution in [0.2, 0.25) is 0 Å². The van der Waals surface area contributed by atoms with Crippen LogP contribution in [-0.4, -0.2) is 48.6 Å². The van der Waals surface area contributed by atoms with Crippen molar-refractivity contribution in [2.75, 3.05) is 19.6 Å². The lowest BCUT2D eigenvalue weighted by Gasteiger charge is -2.39. The van der Waals surface area contributed by atoms with Crippen LogP contribution < -0.4 is 10.6 Å². The van der Waals surface area contributed by atoms with Crippen molar-refractivity contribution in [3.8, 4) is 0 Å². The standard InChI is InChI=1S/C17H31N3O.2ClH/c21-17(13-15-5-4-10-18-15)19-14-8-11-20(12-9-14)16-6-2-1-3-7-16;;/h14-16,18H,1-13H2,(H,19,21);2*1H. The highest BCUT2D eigenvalue weighted by Crippen LogP contribution is 2.25. The number of halogens is 2. The second-order valence-electron chi connectivity index (χ2n) is 7.17. The summed E-state index contributed by atoms with van der Waals surface area (Å²) >= 11 is 0. The number of hydrogen-bond donors (Lipinski definition) is 2. The first-order valence-corrected chi connectivity index (χ1v) is 9.08. The Morgan fingerprint density at radius 2 is 1.65 bits per heavy atom. The highest BCUT2D eigenvalue weighted by Gasteiger charge is 2.27. The Balaban J connectivity index is 0.00000132. The van der Waals surface area contributed by atoms with Crippen molar-refractivity contribution in [2.45, 2.75) is 82.3 Å². The highest BCUT2D eigenvalue weighted by molar-refractivity contribution is 5.85. The number of hydrogen-bond acceptors (Lipinski definition) is 3. The van der Waals surface area contributed by atoms with Crippen molar-refractivity contribution < 1.29 is 4.79 Å². The second kappa shape index (κ2) is 10.8. The molecule has 0 spiro atoms. The first-order chi connectivity index (χ1) is 10.3. The normalized spacial score (nSPS) is 27.0. The third-order valence-corrected chi connectivity index (χ3v) is 5.58. The number of likely N-dealkylation sites (tertiary alicyclic amines) is 1. The molecule has 3 fully saturated rings. The van der Waals surface area contributed by atoms with Gasteiger partial charge in [-0.05, 0) is 45.1 Å². The monoisotopic (exact) mass is 365 g/mol. The van der Waals surface area contributed by atoms with E-state index in [1.165, 1.54) is 51.6 Å². The number of rotatable bonds is 4. The fourth-order valence-corrected chi connectivity index (χ4v) is 4.30. The predicted octanol–water partition coefficient (Wildman–Crippen LogP) is 2.89. The molecule has 4 nitrogen and oxygen atoms in total. The SMILES string of the molecule is Cl.Cl.O=C(CC1CCCN1)NC1CCN(C2CCCCC2)CC1. The molecule has 0 radical (unpaired) electrons. The molecule has 1 aliphatic carbocycles. The Bertz CT molecular complexity index is 337. The van der Waals surface area contributed by atoms with Gasteiger partial charge >= 0.3 is 0 Å². The maximum absolute atomic E-state index is 12.1. The van der Waals surface area contributed by atoms with E-state index < -0.39 is 0 Å². The topological polar surface area (TPSA) is 44.4 Å². The number of nitrogens with zero attached hydrogens (tertiary/aromatic N) is 1. The Kier molecular flexibility index (Phi) is 9.83. The summed E-state index contributed by atoms with van der Waals surface area (Å²) in [5.41, 5.74) is 0. The molecule has 1 saturated carbocycles. The van der Waals surface area contributed by atoms with E-state index in [-0.39, 0.29) is 30.7 Å². The molecule has 0 aromatic carbocycles. The molecule has 0 aromatic heterocycles. The van der Waals surface area contributed by atoms with Crippen LogP contribution in [0.3, 0.4) is 0 Å². The van der Waals surface area contributed by atoms with Crippen molar-refractivity contribution in [1.82, 2.24) is 15.5 Å². The zero-order valence-electron chi connectivity index (χ0n) is 14.1. The third kappa shape index (κ3) is 6.41. The molecule has 0 bridgehead atoms. The van der Waals surface area contributed by atoms with Crippen molar-refractivity contribution in [2.24, 2.45) is 0 Å². The first kappa shape index (κ1) is 21.0. The molecule has 1 amide bonds. The molecule has 3 rings (SSSR count). The van der Waals surface area contributed by atoms with E-state index in [1.54, 1.807) is 0 Å². The van der Waals surface area contributed by atoms with Crippen LogP contribution in [-0.2, 0) is 4.79 Å². The third-order valence-electron chi connectivity index (χ3n) is 5.58. The Hall–Kier alpha value is -0.0300. The summed E-state index contributed by atoms with van der Waals surface area (Å²) in [5.74, 6) is 0.255. The number of carbonyl (C=O) groups is 1. The average molecular weight is 366 g/mol. The van der Waals surface area contributed by atoms with Crippen LogP contribution >= 0.6 is 24.8 Å². The Labute approximate surface area is 153 Å². The zero-order valence-corrected chi connectivity index (χ0v) is 15.7. The van der Waals surface area contributed by atoms with Gasteiger partial charge in [0.05, 0.1) is 0 Å². The lowest BCUT2D eigenvalue weighted by Crippen LogP contribution is -2.49. The largest absolute Gasteiger partial charge is 0.353 e. The van der Waals surface area contributed by atoms with E-state index in [0.717, 1.165) is 31.8 Å². The van der Waals surface area contributed by atoms with Crippen LogP contribution in [0.5, 0.6) is 0 Å². The minimum absolute atomic E-state index is 0. The van der Waals surface area contributed by atoms with Gasteiger partial charge < -0.3 is 15.5 Å². The molecule has 136 valence electrons. The molecule has 1 atom stereocenters. The maximum atomic E-state index is 12.1. The van der Waals surface area contributed by atoms with Crippen LogP contribution in [0.4, 0.5) is 0 Å². The van der Waals surface area contributed by atoms with Crippen LogP contribution in [0, 0.1) is 0 Å². The second-order valence-corrected chi connectivity index (χ2v) is 7.17. The van der Waals surface area contributed by atoms with Gasteiger partial charge in [0.25, 0.3) is 0 Å². The summed E-state index contributed by atoms with van der Waals surface area (Å²) in [6.45, 7) is 3.44. The molecule has 2 aliphatic heterocycles. The molecule has 3 aliphatic rings. The minimum atomic E-state index is 0. The Morgan fingerprint density at radius 1 is 0.957 bits per heavy atom. The molecule has 0 aromatic rings. The molecular formula is C17H33Cl2N3O. The van der Waals surface area contributed by atoms with E-state index in [1.807, 2.05) is 0 Å². The highest BCUT2D eigenvalue weighted by atomic mass is 35.5. The average Bonchev–Trinajstić information content (AvgIpc) is 3.02. The van der Waals surface area contributed by atoms with Gasteiger partial charge in [-0.2, -0.15) is 0 Å². The van der Waals surface area contributed by atoms with Gasteiger partial charge in [0.2, 0.25) is 5.91 Å². The molecule has 6 heteroatoms. The van der Waals surface area contributed by atoms with Gasteiger partial charge in [0.1, 0.15) is 0 Å². The summed E-state index contributed by atoms with van der Waals surface area (Å²) in [7, 11) is 0. The quantitative estimate of drug-likeness (QED) is 0.804. The molecule has 23 heavy (non-hydrogen) atoms. The van der Waals surface area contributed by atoms with E-state index in [2.05, 4.69) is 15.5 Å². The van der Waals surface area contributed by atoms with Crippen molar-refractivity contribution in [1.29, 1.82) is 0 Å². The summed E-state index contributed by atoms with van der Waals surface area (Å²) in [6, 6.07) is 1.67. The minimum Gasteiger partial charge on any atom is -0.353 e.